The number of para-hydroxylation sites is 2. The molecule has 2 atom stereocenters. The van der Waals surface area contributed by atoms with E-state index in [1.165, 1.54) is 30.1 Å². The lowest BCUT2D eigenvalue weighted by atomic mass is 10.0. The van der Waals surface area contributed by atoms with E-state index >= 15 is 0 Å². The summed E-state index contributed by atoms with van der Waals surface area (Å²) in [6, 6.07) is 6.26. The summed E-state index contributed by atoms with van der Waals surface area (Å²) in [7, 11) is 2.54. The molecule has 0 saturated carbocycles. The van der Waals surface area contributed by atoms with Gasteiger partial charge in [-0.15, -0.1) is 0 Å². The first-order valence-electron chi connectivity index (χ1n) is 8.39. The number of anilines is 2. The van der Waals surface area contributed by atoms with Crippen molar-refractivity contribution in [3.05, 3.63) is 36.1 Å². The van der Waals surface area contributed by atoms with Crippen molar-refractivity contribution in [1.82, 2.24) is 0 Å². The van der Waals surface area contributed by atoms with Gasteiger partial charge in [0.2, 0.25) is 6.23 Å². The van der Waals surface area contributed by atoms with Gasteiger partial charge < -0.3 is 18.9 Å². The van der Waals surface area contributed by atoms with E-state index in [0.29, 0.717) is 17.1 Å². The fraction of sp³-hybridized carbons (Fsp3) is 0.389. The van der Waals surface area contributed by atoms with Crippen molar-refractivity contribution in [1.29, 1.82) is 0 Å². The van der Waals surface area contributed by atoms with Gasteiger partial charge in [-0.25, -0.2) is 19.3 Å². The molecule has 3 rings (SSSR count). The van der Waals surface area contributed by atoms with E-state index in [-0.39, 0.29) is 13.0 Å². The molecule has 144 valence electrons. The summed E-state index contributed by atoms with van der Waals surface area (Å²) in [6.07, 6.45) is -0.674. The number of rotatable bonds is 2. The Labute approximate surface area is 156 Å². The highest BCUT2D eigenvalue weighted by atomic mass is 16.6. The first-order valence-corrected chi connectivity index (χ1v) is 8.39. The number of esters is 1. The zero-order valence-corrected chi connectivity index (χ0v) is 15.2. The SMILES string of the molecule is CCOC(=O)/C=C1\C[C@H]2[C@@H](O1)N(C(=O)OC)c1ccccc1N2C(=O)OC. The van der Waals surface area contributed by atoms with Gasteiger partial charge in [0.25, 0.3) is 0 Å². The summed E-state index contributed by atoms with van der Waals surface area (Å²) >= 11 is 0. The number of benzene rings is 1. The molecule has 0 spiro atoms. The van der Waals surface area contributed by atoms with Crippen LogP contribution in [0.25, 0.3) is 0 Å². The summed E-state index contributed by atoms with van der Waals surface area (Å²) < 4.78 is 20.6. The second-order valence-electron chi connectivity index (χ2n) is 5.81. The van der Waals surface area contributed by atoms with Crippen LogP contribution in [0.4, 0.5) is 21.0 Å². The molecule has 1 aromatic rings. The Morgan fingerprint density at radius 3 is 2.30 bits per heavy atom. The molecule has 1 saturated heterocycles. The third-order valence-corrected chi connectivity index (χ3v) is 4.31. The molecule has 2 amide bonds. The second kappa shape index (κ2) is 7.56. The zero-order chi connectivity index (χ0) is 19.6. The first kappa shape index (κ1) is 18.6. The van der Waals surface area contributed by atoms with Crippen molar-refractivity contribution < 1.29 is 33.3 Å². The highest BCUT2D eigenvalue weighted by Crippen LogP contribution is 2.44. The molecule has 0 bridgehead atoms. The van der Waals surface area contributed by atoms with Crippen molar-refractivity contribution >= 4 is 29.5 Å². The monoisotopic (exact) mass is 376 g/mol. The number of hydrogen-bond donors (Lipinski definition) is 0. The predicted octanol–water partition coefficient (Wildman–Crippen LogP) is 2.41. The van der Waals surface area contributed by atoms with E-state index in [0.717, 1.165) is 0 Å². The minimum absolute atomic E-state index is 0.209. The Balaban J connectivity index is 2.06. The molecular weight excluding hydrogens is 356 g/mol. The number of ether oxygens (including phenoxy) is 4. The average molecular weight is 376 g/mol. The molecule has 0 N–H and O–H groups in total. The van der Waals surface area contributed by atoms with Crippen LogP contribution in [0.3, 0.4) is 0 Å². The van der Waals surface area contributed by atoms with Crippen LogP contribution >= 0.6 is 0 Å². The first-order chi connectivity index (χ1) is 13.0. The zero-order valence-electron chi connectivity index (χ0n) is 15.2. The molecule has 9 heteroatoms. The van der Waals surface area contributed by atoms with Crippen molar-refractivity contribution in [2.75, 3.05) is 30.6 Å². The van der Waals surface area contributed by atoms with Crippen molar-refractivity contribution in [3.63, 3.8) is 0 Å². The van der Waals surface area contributed by atoms with Crippen molar-refractivity contribution in [2.24, 2.45) is 0 Å². The number of carbonyl (C=O) groups excluding carboxylic acids is 3. The van der Waals surface area contributed by atoms with Gasteiger partial charge in [0.15, 0.2) is 0 Å². The van der Waals surface area contributed by atoms with E-state index in [1.807, 2.05) is 0 Å². The minimum Gasteiger partial charge on any atom is -0.472 e. The smallest absolute Gasteiger partial charge is 0.417 e. The molecule has 0 unspecified atom stereocenters. The maximum absolute atomic E-state index is 12.5. The Morgan fingerprint density at radius 2 is 1.70 bits per heavy atom. The van der Waals surface area contributed by atoms with E-state index in [2.05, 4.69) is 0 Å². The highest BCUT2D eigenvalue weighted by molar-refractivity contribution is 6.01. The summed E-state index contributed by atoms with van der Waals surface area (Å²) in [4.78, 5) is 39.4. The quantitative estimate of drug-likeness (QED) is 0.444. The number of fused-ring (bicyclic) bond motifs is 2. The number of amides is 2. The van der Waals surface area contributed by atoms with E-state index < -0.39 is 30.4 Å². The molecule has 2 aliphatic heterocycles. The molecule has 0 aromatic heterocycles. The molecule has 2 aliphatic rings. The average Bonchev–Trinajstić information content (AvgIpc) is 3.07. The molecule has 9 nitrogen and oxygen atoms in total. The summed E-state index contributed by atoms with van der Waals surface area (Å²) in [5, 5.41) is 0. The molecule has 2 heterocycles. The third kappa shape index (κ3) is 3.27. The Hall–Kier alpha value is -3.23. The Morgan fingerprint density at radius 1 is 1.11 bits per heavy atom. The fourth-order valence-electron chi connectivity index (χ4n) is 3.26. The van der Waals surface area contributed by atoms with Gasteiger partial charge in [0.1, 0.15) is 11.8 Å². The highest BCUT2D eigenvalue weighted by Gasteiger charge is 2.51. The van der Waals surface area contributed by atoms with Gasteiger partial charge in [0, 0.05) is 6.42 Å². The van der Waals surface area contributed by atoms with Gasteiger partial charge in [-0.1, -0.05) is 12.1 Å². The van der Waals surface area contributed by atoms with Crippen molar-refractivity contribution in [3.8, 4) is 0 Å². The standard InChI is InChI=1S/C18H20N2O7/c1-4-26-15(21)10-11-9-14-16(27-11)20(18(23)25-3)13-8-6-5-7-12(13)19(14)17(22)24-2/h5-8,10,14,16H,4,9H2,1-3H3/b11-10+/t14-,16+/m0/s1. The van der Waals surface area contributed by atoms with Gasteiger partial charge in [-0.2, -0.15) is 0 Å². The normalized spacial score (nSPS) is 21.8. The lowest BCUT2D eigenvalue weighted by Gasteiger charge is -2.42. The van der Waals surface area contributed by atoms with Gasteiger partial charge in [-0.3, -0.25) is 4.90 Å². The lowest BCUT2D eigenvalue weighted by molar-refractivity contribution is -0.137. The Kier molecular flexibility index (Phi) is 5.20. The van der Waals surface area contributed by atoms with Gasteiger partial charge in [0.05, 0.1) is 38.3 Å². The molecular formula is C18H20N2O7. The Bertz CT molecular complexity index is 739. The molecule has 1 aromatic carbocycles. The maximum atomic E-state index is 12.5. The lowest BCUT2D eigenvalue weighted by Crippen LogP contribution is -2.58. The molecule has 27 heavy (non-hydrogen) atoms. The third-order valence-electron chi connectivity index (χ3n) is 4.31. The van der Waals surface area contributed by atoms with Crippen LogP contribution in [0.2, 0.25) is 0 Å². The number of methoxy groups -OCH3 is 2. The van der Waals surface area contributed by atoms with Gasteiger partial charge >= 0.3 is 18.2 Å². The van der Waals surface area contributed by atoms with E-state index in [9.17, 15) is 14.4 Å². The van der Waals surface area contributed by atoms with Crippen LogP contribution in [0, 0.1) is 0 Å². The van der Waals surface area contributed by atoms with Crippen LogP contribution in [0.1, 0.15) is 13.3 Å². The predicted molar refractivity (Wildman–Crippen MR) is 94.2 cm³/mol. The van der Waals surface area contributed by atoms with Crippen LogP contribution in [-0.2, 0) is 23.7 Å². The van der Waals surface area contributed by atoms with E-state index in [1.54, 1.807) is 31.2 Å². The number of nitrogens with zero attached hydrogens (tertiary/aromatic N) is 2. The van der Waals surface area contributed by atoms with E-state index in [4.69, 9.17) is 18.9 Å². The van der Waals surface area contributed by atoms with Crippen LogP contribution < -0.4 is 9.80 Å². The largest absolute Gasteiger partial charge is 0.472 e. The summed E-state index contributed by atoms with van der Waals surface area (Å²) in [5.74, 6) is -0.253. The van der Waals surface area contributed by atoms with Crippen LogP contribution in [-0.4, -0.2) is 51.3 Å². The minimum atomic E-state index is -0.868. The summed E-state index contributed by atoms with van der Waals surface area (Å²) in [6.45, 7) is 1.92. The summed E-state index contributed by atoms with van der Waals surface area (Å²) in [5.41, 5.74) is 0.922. The van der Waals surface area contributed by atoms with Gasteiger partial charge in [-0.05, 0) is 19.1 Å². The van der Waals surface area contributed by atoms with Crippen molar-refractivity contribution in [2.45, 2.75) is 25.6 Å². The fourth-order valence-corrected chi connectivity index (χ4v) is 3.26. The van der Waals surface area contributed by atoms with Crippen LogP contribution in [0.15, 0.2) is 36.1 Å². The molecule has 1 fully saturated rings. The molecule has 0 aliphatic carbocycles. The van der Waals surface area contributed by atoms with Crippen LogP contribution in [0.5, 0.6) is 0 Å². The number of carbonyl (C=O) groups is 3. The topological polar surface area (TPSA) is 94.6 Å². The molecule has 0 radical (unpaired) electrons. The maximum Gasteiger partial charge on any atom is 0.417 e. The second-order valence-corrected chi connectivity index (χ2v) is 5.81. The number of hydrogen-bond acceptors (Lipinski definition) is 7.